The minimum atomic E-state index is -0.534. The van der Waals surface area contributed by atoms with E-state index in [1.54, 1.807) is 6.92 Å². The van der Waals surface area contributed by atoms with Crippen LogP contribution in [0.5, 0.6) is 0 Å². The molecule has 0 bridgehead atoms. The molecule has 0 spiro atoms. The van der Waals surface area contributed by atoms with E-state index in [0.29, 0.717) is 18.7 Å². The highest BCUT2D eigenvalue weighted by molar-refractivity contribution is 6.00. The number of esters is 1. The maximum absolute atomic E-state index is 12.3. The number of anilines is 1. The monoisotopic (exact) mass is 366 g/mol. The second-order valence-corrected chi connectivity index (χ2v) is 6.15. The summed E-state index contributed by atoms with van der Waals surface area (Å²) in [6, 6.07) is 9.66. The molecule has 1 amide bonds. The number of nitrogens with zero attached hydrogens (tertiary/aromatic N) is 3. The number of rotatable bonds is 6. The molecule has 0 aliphatic rings. The first-order chi connectivity index (χ1) is 13.0. The summed E-state index contributed by atoms with van der Waals surface area (Å²) in [4.78, 5) is 29.1. The van der Waals surface area contributed by atoms with Gasteiger partial charge in [-0.25, -0.2) is 9.78 Å². The molecule has 7 nitrogen and oxygen atoms in total. The van der Waals surface area contributed by atoms with Crippen molar-refractivity contribution in [1.82, 2.24) is 14.8 Å². The summed E-state index contributed by atoms with van der Waals surface area (Å²) in [5.41, 5.74) is 2.04. The molecule has 2 heterocycles. The lowest BCUT2D eigenvalue weighted by molar-refractivity contribution is -0.116. The molecule has 0 atom stereocenters. The summed E-state index contributed by atoms with van der Waals surface area (Å²) in [6.45, 7) is 5.86. The van der Waals surface area contributed by atoms with E-state index in [0.717, 1.165) is 16.5 Å². The Morgan fingerprint density at radius 2 is 2.00 bits per heavy atom. The Morgan fingerprint density at radius 3 is 2.74 bits per heavy atom. The molecule has 3 aromatic rings. The minimum absolute atomic E-state index is 0.192. The van der Waals surface area contributed by atoms with Crippen molar-refractivity contribution >= 4 is 28.6 Å². The summed E-state index contributed by atoms with van der Waals surface area (Å²) < 4.78 is 6.56. The van der Waals surface area contributed by atoms with E-state index in [4.69, 9.17) is 4.74 Å². The number of para-hydroxylation sites is 1. The van der Waals surface area contributed by atoms with Gasteiger partial charge in [0.25, 0.3) is 0 Å². The number of benzene rings is 1. The summed E-state index contributed by atoms with van der Waals surface area (Å²) >= 11 is 0. The molecule has 2 aromatic heterocycles. The maximum atomic E-state index is 12.3. The van der Waals surface area contributed by atoms with Gasteiger partial charge in [-0.05, 0) is 38.0 Å². The third kappa shape index (κ3) is 3.81. The highest BCUT2D eigenvalue weighted by Gasteiger charge is 2.22. The van der Waals surface area contributed by atoms with Crippen molar-refractivity contribution in [2.24, 2.45) is 0 Å². The van der Waals surface area contributed by atoms with Crippen molar-refractivity contribution in [1.29, 1.82) is 0 Å². The van der Waals surface area contributed by atoms with Gasteiger partial charge in [0, 0.05) is 11.8 Å². The molecular formula is C20H22N4O3. The normalized spacial score (nSPS) is 10.8. The summed E-state index contributed by atoms with van der Waals surface area (Å²) in [5.74, 6) is 0.0676. The maximum Gasteiger partial charge on any atom is 0.343 e. The van der Waals surface area contributed by atoms with Crippen LogP contribution in [0.2, 0.25) is 0 Å². The predicted molar refractivity (Wildman–Crippen MR) is 103 cm³/mol. The van der Waals surface area contributed by atoms with Crippen LogP contribution in [-0.4, -0.2) is 33.2 Å². The minimum Gasteiger partial charge on any atom is -0.462 e. The van der Waals surface area contributed by atoms with Crippen LogP contribution in [0, 0.1) is 6.92 Å². The van der Waals surface area contributed by atoms with E-state index in [-0.39, 0.29) is 23.9 Å². The van der Waals surface area contributed by atoms with Crippen LogP contribution in [0.4, 0.5) is 5.82 Å². The molecule has 3 rings (SSSR count). The Labute approximate surface area is 157 Å². The average Bonchev–Trinajstić information content (AvgIpc) is 3.05. The molecule has 0 fully saturated rings. The Hall–Kier alpha value is -3.22. The molecule has 140 valence electrons. The zero-order valence-corrected chi connectivity index (χ0v) is 15.7. The molecule has 1 aromatic carbocycles. The van der Waals surface area contributed by atoms with Crippen LogP contribution in [-0.2, 0) is 9.53 Å². The SMILES string of the molecule is CCCC(=O)Nc1c(C(=O)OCC)cnn1-c1cc(C)c2ccccc2n1. The predicted octanol–water partition coefficient (Wildman–Crippen LogP) is 3.64. The van der Waals surface area contributed by atoms with Crippen molar-refractivity contribution in [3.8, 4) is 5.82 Å². The number of amides is 1. The van der Waals surface area contributed by atoms with Crippen molar-refractivity contribution in [2.75, 3.05) is 11.9 Å². The quantitative estimate of drug-likeness (QED) is 0.673. The third-order valence-electron chi connectivity index (χ3n) is 4.13. The Morgan fingerprint density at radius 1 is 1.22 bits per heavy atom. The smallest absolute Gasteiger partial charge is 0.343 e. The highest BCUT2D eigenvalue weighted by Crippen LogP contribution is 2.24. The van der Waals surface area contributed by atoms with Crippen LogP contribution < -0.4 is 5.32 Å². The zero-order valence-electron chi connectivity index (χ0n) is 15.7. The fourth-order valence-corrected chi connectivity index (χ4v) is 2.86. The highest BCUT2D eigenvalue weighted by atomic mass is 16.5. The van der Waals surface area contributed by atoms with Gasteiger partial charge >= 0.3 is 5.97 Å². The third-order valence-corrected chi connectivity index (χ3v) is 4.13. The second-order valence-electron chi connectivity index (χ2n) is 6.15. The summed E-state index contributed by atoms with van der Waals surface area (Å²) in [5, 5.41) is 8.11. The lowest BCUT2D eigenvalue weighted by Gasteiger charge is -2.12. The van der Waals surface area contributed by atoms with Gasteiger partial charge in [0.1, 0.15) is 5.56 Å². The molecule has 0 aliphatic carbocycles. The van der Waals surface area contributed by atoms with E-state index in [2.05, 4.69) is 15.4 Å². The Kier molecular flexibility index (Phi) is 5.49. The van der Waals surface area contributed by atoms with Gasteiger partial charge in [0.2, 0.25) is 5.91 Å². The van der Waals surface area contributed by atoms with Crippen molar-refractivity contribution < 1.29 is 14.3 Å². The van der Waals surface area contributed by atoms with Gasteiger partial charge < -0.3 is 10.1 Å². The van der Waals surface area contributed by atoms with Crippen LogP contribution in [0.25, 0.3) is 16.7 Å². The molecule has 0 saturated heterocycles. The van der Waals surface area contributed by atoms with Gasteiger partial charge in [-0.1, -0.05) is 25.1 Å². The van der Waals surface area contributed by atoms with Gasteiger partial charge in [-0.3, -0.25) is 4.79 Å². The first-order valence-electron chi connectivity index (χ1n) is 8.96. The van der Waals surface area contributed by atoms with Crippen LogP contribution in [0.3, 0.4) is 0 Å². The van der Waals surface area contributed by atoms with E-state index in [9.17, 15) is 9.59 Å². The fourth-order valence-electron chi connectivity index (χ4n) is 2.86. The van der Waals surface area contributed by atoms with E-state index in [1.807, 2.05) is 44.2 Å². The van der Waals surface area contributed by atoms with Gasteiger partial charge in [-0.2, -0.15) is 9.78 Å². The molecule has 7 heteroatoms. The van der Waals surface area contributed by atoms with Crippen LogP contribution >= 0.6 is 0 Å². The summed E-state index contributed by atoms with van der Waals surface area (Å²) in [7, 11) is 0. The van der Waals surface area contributed by atoms with Crippen molar-refractivity contribution in [3.05, 3.63) is 47.7 Å². The molecular weight excluding hydrogens is 344 g/mol. The fraction of sp³-hybridized carbons (Fsp3) is 0.300. The number of fused-ring (bicyclic) bond motifs is 1. The van der Waals surface area contributed by atoms with Crippen LogP contribution in [0.1, 0.15) is 42.6 Å². The van der Waals surface area contributed by atoms with E-state index >= 15 is 0 Å². The van der Waals surface area contributed by atoms with Crippen molar-refractivity contribution in [2.45, 2.75) is 33.6 Å². The van der Waals surface area contributed by atoms with Gasteiger partial charge in [0.15, 0.2) is 11.6 Å². The topological polar surface area (TPSA) is 86.1 Å². The Balaban J connectivity index is 2.11. The summed E-state index contributed by atoms with van der Waals surface area (Å²) in [6.07, 6.45) is 2.44. The van der Waals surface area contributed by atoms with E-state index < -0.39 is 5.97 Å². The second kappa shape index (κ2) is 7.99. The number of aromatic nitrogens is 3. The lowest BCUT2D eigenvalue weighted by atomic mass is 10.1. The number of pyridine rings is 1. The molecule has 27 heavy (non-hydrogen) atoms. The first-order valence-corrected chi connectivity index (χ1v) is 8.96. The van der Waals surface area contributed by atoms with E-state index in [1.165, 1.54) is 10.9 Å². The number of ether oxygens (including phenoxy) is 1. The number of aryl methyl sites for hydroxylation is 1. The lowest BCUT2D eigenvalue weighted by Crippen LogP contribution is -2.18. The Bertz CT molecular complexity index is 994. The zero-order chi connectivity index (χ0) is 19.4. The average molecular weight is 366 g/mol. The van der Waals surface area contributed by atoms with Crippen molar-refractivity contribution in [3.63, 3.8) is 0 Å². The number of carbonyl (C=O) groups excluding carboxylic acids is 2. The molecule has 0 saturated carbocycles. The molecule has 1 N–H and O–H groups in total. The molecule has 0 aliphatic heterocycles. The number of nitrogens with one attached hydrogen (secondary N) is 1. The largest absolute Gasteiger partial charge is 0.462 e. The number of hydrogen-bond donors (Lipinski definition) is 1. The van der Waals surface area contributed by atoms with Gasteiger partial charge in [-0.15, -0.1) is 0 Å². The van der Waals surface area contributed by atoms with Gasteiger partial charge in [0.05, 0.1) is 18.3 Å². The molecule has 0 unspecified atom stereocenters. The standard InChI is InChI=1S/C20H22N4O3/c1-4-8-18(25)23-19-15(20(26)27-5-2)12-21-24(19)17-11-13(3)14-9-6-7-10-16(14)22-17/h6-7,9-12H,4-5,8H2,1-3H3,(H,23,25). The molecule has 0 radical (unpaired) electrons. The van der Waals surface area contributed by atoms with Crippen LogP contribution in [0.15, 0.2) is 36.5 Å². The first kappa shape index (κ1) is 18.6. The number of hydrogen-bond acceptors (Lipinski definition) is 5. The number of carbonyl (C=O) groups is 2.